The number of nitrogen functional groups attached to an aromatic ring is 1. The number of aryl methyl sites for hydroxylation is 1. The van der Waals surface area contributed by atoms with Crippen molar-refractivity contribution in [3.05, 3.63) is 58.9 Å². The van der Waals surface area contributed by atoms with Crippen LogP contribution in [0.25, 0.3) is 0 Å². The number of nitrogens with two attached hydrogens (primary N) is 1. The van der Waals surface area contributed by atoms with E-state index in [9.17, 15) is 14.6 Å². The Labute approximate surface area is 116 Å². The highest BCUT2D eigenvalue weighted by Gasteiger charge is 2.16. The molecule has 0 unspecified atom stereocenters. The molecule has 0 heterocycles. The van der Waals surface area contributed by atoms with Gasteiger partial charge in [0.2, 0.25) is 0 Å². The lowest BCUT2D eigenvalue weighted by Gasteiger charge is -2.13. The van der Waals surface area contributed by atoms with Crippen molar-refractivity contribution in [1.29, 1.82) is 0 Å². The third kappa shape index (κ3) is 3.07. The fourth-order valence-electron chi connectivity index (χ4n) is 1.93. The summed E-state index contributed by atoms with van der Waals surface area (Å²) < 4.78 is 19.6. The minimum absolute atomic E-state index is 0.0186. The standard InChI is InChI=1S/C15H16FNO3/c1-9-5-6-10(14(16)13(9)15(18)19)8-20-12-4-2-3-11(17)7-12/h2-7,15,18-19H,8,17H2,1H3. The number of hydrogen-bond donors (Lipinski definition) is 3. The van der Waals surface area contributed by atoms with Crippen molar-refractivity contribution in [2.75, 3.05) is 5.73 Å². The number of aliphatic hydroxyl groups is 2. The first-order valence-electron chi connectivity index (χ1n) is 6.11. The molecule has 4 N–H and O–H groups in total. The highest BCUT2D eigenvalue weighted by Crippen LogP contribution is 2.24. The quantitative estimate of drug-likeness (QED) is 0.592. The van der Waals surface area contributed by atoms with Crippen LogP contribution in [-0.2, 0) is 6.61 Å². The van der Waals surface area contributed by atoms with E-state index < -0.39 is 12.1 Å². The van der Waals surface area contributed by atoms with Crippen LogP contribution in [0, 0.1) is 12.7 Å². The van der Waals surface area contributed by atoms with E-state index >= 15 is 0 Å². The predicted octanol–water partition coefficient (Wildman–Crippen LogP) is 2.28. The summed E-state index contributed by atoms with van der Waals surface area (Å²) in [5, 5.41) is 18.4. The molecule has 5 heteroatoms. The molecule has 0 bridgehead atoms. The smallest absolute Gasteiger partial charge is 0.181 e. The van der Waals surface area contributed by atoms with Gasteiger partial charge in [-0.15, -0.1) is 0 Å². The summed E-state index contributed by atoms with van der Waals surface area (Å²) in [4.78, 5) is 0. The molecule has 106 valence electrons. The van der Waals surface area contributed by atoms with Crippen LogP contribution < -0.4 is 10.5 Å². The zero-order chi connectivity index (χ0) is 14.7. The normalized spacial score (nSPS) is 10.8. The largest absolute Gasteiger partial charge is 0.489 e. The summed E-state index contributed by atoms with van der Waals surface area (Å²) in [5.74, 6) is -0.139. The second kappa shape index (κ2) is 5.90. The van der Waals surface area contributed by atoms with Crippen LogP contribution in [0.2, 0.25) is 0 Å². The molecule has 0 aliphatic heterocycles. The Morgan fingerprint density at radius 2 is 2.00 bits per heavy atom. The average molecular weight is 277 g/mol. The van der Waals surface area contributed by atoms with E-state index in [-0.39, 0.29) is 17.7 Å². The summed E-state index contributed by atoms with van der Waals surface area (Å²) in [6.45, 7) is 1.59. The summed E-state index contributed by atoms with van der Waals surface area (Å²) in [6, 6.07) is 9.98. The molecule has 2 rings (SSSR count). The first-order chi connectivity index (χ1) is 9.49. The highest BCUT2D eigenvalue weighted by atomic mass is 19.1. The van der Waals surface area contributed by atoms with Gasteiger partial charge >= 0.3 is 0 Å². The molecule has 0 spiro atoms. The molecule has 2 aromatic carbocycles. The number of rotatable bonds is 4. The molecule has 0 aromatic heterocycles. The minimum atomic E-state index is -1.85. The number of hydrogen-bond acceptors (Lipinski definition) is 4. The summed E-state index contributed by atoms with van der Waals surface area (Å²) >= 11 is 0. The van der Waals surface area contributed by atoms with Gasteiger partial charge in [-0.05, 0) is 24.6 Å². The van der Waals surface area contributed by atoms with Gasteiger partial charge in [-0.1, -0.05) is 18.2 Å². The third-order valence-electron chi connectivity index (χ3n) is 2.99. The van der Waals surface area contributed by atoms with Crippen LogP contribution >= 0.6 is 0 Å². The van der Waals surface area contributed by atoms with Crippen LogP contribution in [0.3, 0.4) is 0 Å². The first-order valence-corrected chi connectivity index (χ1v) is 6.11. The van der Waals surface area contributed by atoms with Gasteiger partial charge in [0.1, 0.15) is 18.2 Å². The number of benzene rings is 2. The molecule has 0 saturated carbocycles. The van der Waals surface area contributed by atoms with Gasteiger partial charge in [0.05, 0.1) is 0 Å². The molecular formula is C15H16FNO3. The maximum Gasteiger partial charge on any atom is 0.181 e. The maximum absolute atomic E-state index is 14.1. The Balaban J connectivity index is 2.20. The van der Waals surface area contributed by atoms with Crippen molar-refractivity contribution in [2.45, 2.75) is 19.8 Å². The molecule has 0 fully saturated rings. The van der Waals surface area contributed by atoms with Crippen LogP contribution in [0.15, 0.2) is 36.4 Å². The monoisotopic (exact) mass is 277 g/mol. The van der Waals surface area contributed by atoms with Crippen LogP contribution in [-0.4, -0.2) is 10.2 Å². The highest BCUT2D eigenvalue weighted by molar-refractivity contribution is 5.43. The van der Waals surface area contributed by atoms with Gasteiger partial charge in [0.25, 0.3) is 0 Å². The van der Waals surface area contributed by atoms with Crippen molar-refractivity contribution < 1.29 is 19.3 Å². The van der Waals surface area contributed by atoms with Crippen molar-refractivity contribution in [1.82, 2.24) is 0 Å². The van der Waals surface area contributed by atoms with E-state index in [1.165, 1.54) is 0 Å². The lowest BCUT2D eigenvalue weighted by molar-refractivity contribution is -0.0455. The molecular weight excluding hydrogens is 261 g/mol. The van der Waals surface area contributed by atoms with Gasteiger partial charge in [-0.2, -0.15) is 0 Å². The third-order valence-corrected chi connectivity index (χ3v) is 2.99. The second-order valence-corrected chi connectivity index (χ2v) is 4.50. The minimum Gasteiger partial charge on any atom is -0.489 e. The Morgan fingerprint density at radius 1 is 1.25 bits per heavy atom. The van der Waals surface area contributed by atoms with Gasteiger partial charge in [0, 0.05) is 22.9 Å². The van der Waals surface area contributed by atoms with Crippen molar-refractivity contribution in [3.63, 3.8) is 0 Å². The van der Waals surface area contributed by atoms with Gasteiger partial charge < -0.3 is 20.7 Å². The van der Waals surface area contributed by atoms with Crippen LogP contribution in [0.5, 0.6) is 5.75 Å². The molecule has 0 atom stereocenters. The zero-order valence-corrected chi connectivity index (χ0v) is 11.0. The number of aliphatic hydroxyl groups excluding tert-OH is 1. The molecule has 0 aliphatic carbocycles. The number of halogens is 1. The number of anilines is 1. The average Bonchev–Trinajstić information content (AvgIpc) is 2.37. The molecule has 2 aromatic rings. The topological polar surface area (TPSA) is 75.7 Å². The van der Waals surface area contributed by atoms with E-state index in [0.717, 1.165) is 0 Å². The molecule has 20 heavy (non-hydrogen) atoms. The second-order valence-electron chi connectivity index (χ2n) is 4.50. The van der Waals surface area contributed by atoms with E-state index in [4.69, 9.17) is 10.5 Å². The Morgan fingerprint density at radius 3 is 2.65 bits per heavy atom. The van der Waals surface area contributed by atoms with E-state index in [1.807, 2.05) is 0 Å². The first kappa shape index (κ1) is 14.3. The summed E-state index contributed by atoms with van der Waals surface area (Å²) in [7, 11) is 0. The predicted molar refractivity (Wildman–Crippen MR) is 73.5 cm³/mol. The lowest BCUT2D eigenvalue weighted by Crippen LogP contribution is -2.07. The molecule has 0 amide bonds. The Hall–Kier alpha value is -2.11. The van der Waals surface area contributed by atoms with Gasteiger partial charge in [0.15, 0.2) is 6.29 Å². The summed E-state index contributed by atoms with van der Waals surface area (Å²) in [6.07, 6.45) is -1.85. The van der Waals surface area contributed by atoms with Crippen LogP contribution in [0.1, 0.15) is 23.0 Å². The lowest BCUT2D eigenvalue weighted by atomic mass is 10.0. The van der Waals surface area contributed by atoms with E-state index in [1.54, 1.807) is 43.3 Å². The van der Waals surface area contributed by atoms with Gasteiger partial charge in [-0.3, -0.25) is 0 Å². The van der Waals surface area contributed by atoms with Crippen molar-refractivity contribution in [3.8, 4) is 5.75 Å². The van der Waals surface area contributed by atoms with Gasteiger partial charge in [-0.25, -0.2) is 4.39 Å². The molecule has 4 nitrogen and oxygen atoms in total. The van der Waals surface area contributed by atoms with Crippen molar-refractivity contribution >= 4 is 5.69 Å². The summed E-state index contributed by atoms with van der Waals surface area (Å²) in [5.41, 5.74) is 6.78. The molecule has 0 aliphatic rings. The Kier molecular flexibility index (Phi) is 4.22. The van der Waals surface area contributed by atoms with Crippen LogP contribution in [0.4, 0.5) is 10.1 Å². The molecule has 0 saturated heterocycles. The molecule has 0 radical (unpaired) electrons. The fourth-order valence-corrected chi connectivity index (χ4v) is 1.93. The number of ether oxygens (including phenoxy) is 1. The SMILES string of the molecule is Cc1ccc(COc2cccc(N)c2)c(F)c1C(O)O. The van der Waals surface area contributed by atoms with Crippen molar-refractivity contribution in [2.24, 2.45) is 0 Å². The van der Waals surface area contributed by atoms with E-state index in [2.05, 4.69) is 0 Å². The Bertz CT molecular complexity index is 614. The zero-order valence-electron chi connectivity index (χ0n) is 11.0. The van der Waals surface area contributed by atoms with E-state index in [0.29, 0.717) is 17.0 Å². The maximum atomic E-state index is 14.1. The fraction of sp³-hybridized carbons (Fsp3) is 0.200.